The van der Waals surface area contributed by atoms with Gasteiger partial charge in [0.1, 0.15) is 0 Å². The number of unbranched alkanes of at least 4 members (excludes halogenated alkanes) is 1. The van der Waals surface area contributed by atoms with Crippen LogP contribution in [0.25, 0.3) is 28.2 Å². The quantitative estimate of drug-likeness (QED) is 0.600. The van der Waals surface area contributed by atoms with Crippen molar-refractivity contribution in [3.8, 4) is 11.3 Å². The topological polar surface area (TPSA) is 77.1 Å². The lowest BCUT2D eigenvalue weighted by atomic mass is 10.1. The molecule has 0 spiro atoms. The molecule has 26 heavy (non-hydrogen) atoms. The minimum Gasteiger partial charge on any atom is -0.310 e. The third-order valence-electron chi connectivity index (χ3n) is 4.72. The molecule has 0 unspecified atom stereocenters. The molecule has 0 atom stereocenters. The smallest absolute Gasteiger partial charge is 0.310 e. The summed E-state index contributed by atoms with van der Waals surface area (Å²) in [5.41, 5.74) is 2.10. The van der Waals surface area contributed by atoms with Crippen molar-refractivity contribution in [2.45, 2.75) is 39.8 Å². The zero-order chi connectivity index (χ0) is 18.3. The molecule has 4 aromatic rings. The Morgan fingerprint density at radius 1 is 1.08 bits per heavy atom. The molecule has 4 rings (SSSR count). The molecule has 1 N–H and O–H groups in total. The fourth-order valence-corrected chi connectivity index (χ4v) is 3.41. The Balaban J connectivity index is 2.09. The number of nitrogens with one attached hydrogen (secondary N) is 1. The first kappa shape index (κ1) is 16.4. The van der Waals surface area contributed by atoms with Crippen LogP contribution in [0, 0.1) is 0 Å². The van der Waals surface area contributed by atoms with E-state index in [1.807, 2.05) is 43.5 Å². The number of hydrogen-bond acceptors (Lipinski definition) is 3. The van der Waals surface area contributed by atoms with Crippen molar-refractivity contribution in [1.29, 1.82) is 0 Å². The van der Waals surface area contributed by atoms with E-state index in [0.29, 0.717) is 23.5 Å². The third-order valence-corrected chi connectivity index (χ3v) is 4.72. The zero-order valence-electron chi connectivity index (χ0n) is 14.9. The van der Waals surface area contributed by atoms with Gasteiger partial charge in [-0.2, -0.15) is 4.98 Å². The van der Waals surface area contributed by atoms with Crippen LogP contribution >= 0.6 is 0 Å². The van der Waals surface area contributed by atoms with Crippen molar-refractivity contribution in [3.05, 3.63) is 57.4 Å². The Kier molecular flexibility index (Phi) is 3.99. The Hall–Kier alpha value is -3.09. The molecule has 7 nitrogen and oxygen atoms in total. The van der Waals surface area contributed by atoms with Crippen LogP contribution in [0.4, 0.5) is 0 Å². The summed E-state index contributed by atoms with van der Waals surface area (Å²) >= 11 is 0. The maximum Gasteiger partial charge on any atom is 0.330 e. The van der Waals surface area contributed by atoms with Crippen LogP contribution in [-0.2, 0) is 13.1 Å². The normalized spacial score (nSPS) is 11.6. The van der Waals surface area contributed by atoms with Crippen molar-refractivity contribution in [1.82, 2.24) is 23.5 Å². The van der Waals surface area contributed by atoms with E-state index >= 15 is 0 Å². The Bertz CT molecular complexity index is 1190. The van der Waals surface area contributed by atoms with Gasteiger partial charge in [-0.3, -0.25) is 18.7 Å². The number of aryl methyl sites for hydroxylation is 2. The highest BCUT2D eigenvalue weighted by atomic mass is 16.2. The van der Waals surface area contributed by atoms with Gasteiger partial charge in [-0.1, -0.05) is 43.7 Å². The van der Waals surface area contributed by atoms with Gasteiger partial charge in [0.05, 0.1) is 5.69 Å². The van der Waals surface area contributed by atoms with Gasteiger partial charge in [-0.05, 0) is 18.9 Å². The first-order valence-electron chi connectivity index (χ1n) is 8.95. The van der Waals surface area contributed by atoms with E-state index < -0.39 is 11.2 Å². The summed E-state index contributed by atoms with van der Waals surface area (Å²) in [4.78, 5) is 31.6. The van der Waals surface area contributed by atoms with Crippen molar-refractivity contribution >= 4 is 16.9 Å². The SMILES string of the molecule is CCCCn1c(-c2ccccc2)cn2c3c(=O)[nH]c(=O)n(CC)c3nc12. The van der Waals surface area contributed by atoms with Gasteiger partial charge in [0.2, 0.25) is 5.78 Å². The van der Waals surface area contributed by atoms with Gasteiger partial charge >= 0.3 is 5.69 Å². The molecule has 0 aliphatic heterocycles. The predicted molar refractivity (Wildman–Crippen MR) is 102 cm³/mol. The molecule has 0 bridgehead atoms. The minimum atomic E-state index is -0.422. The summed E-state index contributed by atoms with van der Waals surface area (Å²) in [6.45, 7) is 5.26. The molecule has 3 aromatic heterocycles. The van der Waals surface area contributed by atoms with E-state index in [1.165, 1.54) is 4.57 Å². The van der Waals surface area contributed by atoms with Crippen molar-refractivity contribution < 1.29 is 0 Å². The molecule has 0 fully saturated rings. The van der Waals surface area contributed by atoms with Crippen molar-refractivity contribution in [2.24, 2.45) is 0 Å². The average Bonchev–Trinajstić information content (AvgIpc) is 3.17. The zero-order valence-corrected chi connectivity index (χ0v) is 14.9. The number of rotatable bonds is 5. The Labute approximate surface area is 149 Å². The number of H-pyrrole nitrogens is 1. The van der Waals surface area contributed by atoms with E-state index in [9.17, 15) is 9.59 Å². The van der Waals surface area contributed by atoms with Gasteiger partial charge in [0, 0.05) is 19.3 Å². The van der Waals surface area contributed by atoms with Crippen LogP contribution in [-0.4, -0.2) is 23.5 Å². The van der Waals surface area contributed by atoms with Gasteiger partial charge < -0.3 is 4.57 Å². The van der Waals surface area contributed by atoms with Crippen LogP contribution in [0.3, 0.4) is 0 Å². The summed E-state index contributed by atoms with van der Waals surface area (Å²) in [6, 6.07) is 10.1. The van der Waals surface area contributed by atoms with Gasteiger partial charge in [-0.25, -0.2) is 4.79 Å². The van der Waals surface area contributed by atoms with E-state index in [4.69, 9.17) is 0 Å². The molecule has 0 aliphatic carbocycles. The minimum absolute atomic E-state index is 0.408. The third kappa shape index (κ3) is 2.39. The van der Waals surface area contributed by atoms with E-state index in [-0.39, 0.29) is 0 Å². The van der Waals surface area contributed by atoms with Gasteiger partial charge in [0.25, 0.3) is 5.56 Å². The van der Waals surface area contributed by atoms with Crippen LogP contribution in [0.15, 0.2) is 46.1 Å². The number of nitrogens with zero attached hydrogens (tertiary/aromatic N) is 4. The van der Waals surface area contributed by atoms with Crippen LogP contribution in [0.2, 0.25) is 0 Å². The van der Waals surface area contributed by atoms with Crippen LogP contribution in [0.1, 0.15) is 26.7 Å². The molecule has 0 aliphatic rings. The summed E-state index contributed by atoms with van der Waals surface area (Å²) in [5.74, 6) is 0.686. The standard InChI is InChI=1S/C19H21N5O2/c1-3-5-11-23-14(13-9-7-6-8-10-13)12-24-15-16(20-18(23)24)22(4-2)19(26)21-17(15)25/h6-10,12H,3-5,11H2,1-2H3,(H,21,25,26). The van der Waals surface area contributed by atoms with Crippen LogP contribution < -0.4 is 11.2 Å². The fourth-order valence-electron chi connectivity index (χ4n) is 3.41. The molecule has 134 valence electrons. The molecule has 3 heterocycles. The average molecular weight is 351 g/mol. The Morgan fingerprint density at radius 2 is 1.85 bits per heavy atom. The van der Waals surface area contributed by atoms with E-state index in [1.54, 1.807) is 4.40 Å². The number of benzene rings is 1. The highest BCUT2D eigenvalue weighted by molar-refractivity contribution is 5.78. The second-order valence-corrected chi connectivity index (χ2v) is 6.34. The number of imidazole rings is 2. The molecular formula is C19H21N5O2. The maximum atomic E-state index is 12.5. The van der Waals surface area contributed by atoms with E-state index in [2.05, 4.69) is 21.5 Å². The lowest BCUT2D eigenvalue weighted by Gasteiger charge is -2.08. The van der Waals surface area contributed by atoms with E-state index in [0.717, 1.165) is 30.6 Å². The molecular weight excluding hydrogens is 330 g/mol. The predicted octanol–water partition coefficient (Wildman–Crippen LogP) is 2.63. The summed E-state index contributed by atoms with van der Waals surface area (Å²) < 4.78 is 5.43. The molecule has 0 radical (unpaired) electrons. The number of aromatic amines is 1. The molecule has 1 aromatic carbocycles. The fraction of sp³-hybridized carbons (Fsp3) is 0.316. The lowest BCUT2D eigenvalue weighted by molar-refractivity contribution is 0.647. The number of aromatic nitrogens is 5. The second-order valence-electron chi connectivity index (χ2n) is 6.34. The lowest BCUT2D eigenvalue weighted by Crippen LogP contribution is -2.30. The first-order valence-corrected chi connectivity index (χ1v) is 8.95. The van der Waals surface area contributed by atoms with Crippen molar-refractivity contribution in [3.63, 3.8) is 0 Å². The second kappa shape index (κ2) is 6.33. The number of fused-ring (bicyclic) bond motifs is 3. The summed E-state index contributed by atoms with van der Waals surface area (Å²) in [7, 11) is 0. The largest absolute Gasteiger partial charge is 0.330 e. The monoisotopic (exact) mass is 351 g/mol. The highest BCUT2D eigenvalue weighted by Crippen LogP contribution is 2.25. The van der Waals surface area contributed by atoms with Crippen molar-refractivity contribution in [2.75, 3.05) is 0 Å². The number of hydrogen-bond donors (Lipinski definition) is 1. The summed E-state index contributed by atoms with van der Waals surface area (Å²) in [6.07, 6.45) is 4.00. The first-order chi connectivity index (χ1) is 12.7. The maximum absolute atomic E-state index is 12.5. The highest BCUT2D eigenvalue weighted by Gasteiger charge is 2.19. The molecule has 0 saturated heterocycles. The van der Waals surface area contributed by atoms with Crippen LogP contribution in [0.5, 0.6) is 0 Å². The molecule has 0 amide bonds. The molecule has 0 saturated carbocycles. The van der Waals surface area contributed by atoms with Gasteiger partial charge in [0.15, 0.2) is 11.2 Å². The summed E-state index contributed by atoms with van der Waals surface area (Å²) in [5, 5.41) is 0. The molecule has 7 heteroatoms. The Morgan fingerprint density at radius 3 is 2.54 bits per heavy atom. The van der Waals surface area contributed by atoms with Gasteiger partial charge in [-0.15, -0.1) is 0 Å².